The van der Waals surface area contributed by atoms with Crippen LogP contribution in [0.2, 0.25) is 0 Å². The summed E-state index contributed by atoms with van der Waals surface area (Å²) >= 11 is 0. The van der Waals surface area contributed by atoms with Gasteiger partial charge in [-0.25, -0.2) is 0 Å². The first-order valence-corrected chi connectivity index (χ1v) is 11.4. The zero-order chi connectivity index (χ0) is 22.4. The fourth-order valence-corrected chi connectivity index (χ4v) is 4.79. The van der Waals surface area contributed by atoms with E-state index in [2.05, 4.69) is 86.6 Å². The molecule has 0 atom stereocenters. The molecule has 0 bridgehead atoms. The molecular weight excluding hydrogens is 410 g/mol. The molecule has 166 valence electrons. The van der Waals surface area contributed by atoms with E-state index in [-0.39, 0.29) is 0 Å². The van der Waals surface area contributed by atoms with E-state index in [1.54, 1.807) is 7.11 Å². The van der Waals surface area contributed by atoms with Gasteiger partial charge in [-0.2, -0.15) is 5.10 Å². The van der Waals surface area contributed by atoms with Crippen LogP contribution in [0.15, 0.2) is 66.7 Å². The third-order valence-corrected chi connectivity index (χ3v) is 6.71. The van der Waals surface area contributed by atoms with Crippen molar-refractivity contribution >= 4 is 27.5 Å². The van der Waals surface area contributed by atoms with Crippen LogP contribution in [0.4, 0.5) is 5.69 Å². The second kappa shape index (κ2) is 7.98. The van der Waals surface area contributed by atoms with Gasteiger partial charge in [-0.3, -0.25) is 5.10 Å². The van der Waals surface area contributed by atoms with Crippen molar-refractivity contribution in [2.24, 2.45) is 0 Å². The van der Waals surface area contributed by atoms with Crippen LogP contribution in [0.3, 0.4) is 0 Å². The highest BCUT2D eigenvalue weighted by atomic mass is 16.5. The Morgan fingerprint density at radius 2 is 1.64 bits per heavy atom. The molecule has 2 N–H and O–H groups in total. The lowest BCUT2D eigenvalue weighted by Gasteiger charge is -2.34. The van der Waals surface area contributed by atoms with Crippen LogP contribution < -0.4 is 9.64 Å². The van der Waals surface area contributed by atoms with Gasteiger partial charge in [0.25, 0.3) is 0 Å². The summed E-state index contributed by atoms with van der Waals surface area (Å²) in [5.74, 6) is 0.854. The standard InChI is InChI=1S/C27H27N5O/c1-31-11-13-32(14-12-31)26-8-4-7-23-21(26)17-25(28-23)27-22-16-19(9-10-24(22)29-30-27)18-5-3-6-20(15-18)33-2/h3-10,15-17,28H,11-14H2,1-2H3,(H,29,30). The fourth-order valence-electron chi connectivity index (χ4n) is 4.79. The number of hydrogen-bond donors (Lipinski definition) is 2. The summed E-state index contributed by atoms with van der Waals surface area (Å²) in [5, 5.41) is 10.2. The Morgan fingerprint density at radius 1 is 0.818 bits per heavy atom. The number of aromatic nitrogens is 3. The third-order valence-electron chi connectivity index (χ3n) is 6.71. The van der Waals surface area contributed by atoms with Gasteiger partial charge in [-0.05, 0) is 60.6 Å². The summed E-state index contributed by atoms with van der Waals surface area (Å²) in [4.78, 5) is 8.49. The Hall–Kier alpha value is -3.77. The maximum atomic E-state index is 5.41. The first kappa shape index (κ1) is 19.9. The predicted octanol–water partition coefficient (Wildman–Crippen LogP) is 5.14. The molecule has 6 rings (SSSR count). The number of nitrogens with one attached hydrogen (secondary N) is 2. The highest BCUT2D eigenvalue weighted by Crippen LogP contribution is 2.35. The fraction of sp³-hybridized carbons (Fsp3) is 0.222. The average Bonchev–Trinajstić information content (AvgIpc) is 3.48. The molecule has 3 heterocycles. The summed E-state index contributed by atoms with van der Waals surface area (Å²) in [6.45, 7) is 4.27. The number of likely N-dealkylation sites (N-methyl/N-ethyl adjacent to an activating group) is 1. The number of anilines is 1. The molecule has 6 nitrogen and oxygen atoms in total. The van der Waals surface area contributed by atoms with Gasteiger partial charge in [-0.1, -0.05) is 24.3 Å². The van der Waals surface area contributed by atoms with E-state index < -0.39 is 0 Å². The number of nitrogens with zero attached hydrogens (tertiary/aromatic N) is 3. The molecule has 1 fully saturated rings. The summed E-state index contributed by atoms with van der Waals surface area (Å²) in [6.07, 6.45) is 0. The van der Waals surface area contributed by atoms with Crippen LogP contribution in [0.1, 0.15) is 0 Å². The van der Waals surface area contributed by atoms with E-state index in [1.807, 2.05) is 12.1 Å². The quantitative estimate of drug-likeness (QED) is 0.409. The van der Waals surface area contributed by atoms with Crippen molar-refractivity contribution in [1.29, 1.82) is 0 Å². The number of ether oxygens (including phenoxy) is 1. The van der Waals surface area contributed by atoms with Gasteiger partial charge >= 0.3 is 0 Å². The van der Waals surface area contributed by atoms with Gasteiger partial charge in [0.2, 0.25) is 0 Å². The minimum atomic E-state index is 0.854. The molecule has 0 amide bonds. The smallest absolute Gasteiger partial charge is 0.119 e. The number of methoxy groups -OCH3 is 1. The van der Waals surface area contributed by atoms with Crippen molar-refractivity contribution in [3.05, 3.63) is 66.7 Å². The summed E-state index contributed by atoms with van der Waals surface area (Å²) in [5.41, 5.74) is 7.68. The van der Waals surface area contributed by atoms with Crippen molar-refractivity contribution in [3.63, 3.8) is 0 Å². The van der Waals surface area contributed by atoms with Crippen LogP contribution in [0.5, 0.6) is 5.75 Å². The Bertz CT molecular complexity index is 1440. The van der Waals surface area contributed by atoms with Gasteiger partial charge in [0.15, 0.2) is 0 Å². The average molecular weight is 438 g/mol. The summed E-state index contributed by atoms with van der Waals surface area (Å²) in [6, 6.07) is 23.3. The molecule has 5 aromatic rings. The van der Waals surface area contributed by atoms with Crippen molar-refractivity contribution < 1.29 is 4.74 Å². The molecule has 2 aromatic heterocycles. The van der Waals surface area contributed by atoms with E-state index in [9.17, 15) is 0 Å². The van der Waals surface area contributed by atoms with Crippen LogP contribution in [-0.4, -0.2) is 60.4 Å². The number of H-pyrrole nitrogens is 2. The lowest BCUT2D eigenvalue weighted by Crippen LogP contribution is -2.44. The van der Waals surface area contributed by atoms with Crippen LogP contribution in [0, 0.1) is 0 Å². The third kappa shape index (κ3) is 3.52. The number of benzene rings is 3. The first-order valence-electron chi connectivity index (χ1n) is 11.4. The Kier molecular flexibility index (Phi) is 4.80. The van der Waals surface area contributed by atoms with E-state index in [0.717, 1.165) is 70.9 Å². The SMILES string of the molecule is COc1cccc(-c2ccc3[nH]nc(-c4cc5c(N6CCN(C)CC6)cccc5[nH]4)c3c2)c1. The maximum absolute atomic E-state index is 5.41. The molecule has 1 aliphatic rings. The van der Waals surface area contributed by atoms with E-state index in [4.69, 9.17) is 4.74 Å². The molecular formula is C27H27N5O. The second-order valence-electron chi connectivity index (χ2n) is 8.78. The second-order valence-corrected chi connectivity index (χ2v) is 8.78. The molecule has 0 saturated carbocycles. The molecule has 0 radical (unpaired) electrons. The van der Waals surface area contributed by atoms with Crippen LogP contribution in [-0.2, 0) is 0 Å². The predicted molar refractivity (Wildman–Crippen MR) is 135 cm³/mol. The van der Waals surface area contributed by atoms with Gasteiger partial charge in [-0.15, -0.1) is 0 Å². The van der Waals surface area contributed by atoms with Crippen molar-refractivity contribution in [2.45, 2.75) is 0 Å². The minimum absolute atomic E-state index is 0.854. The highest BCUT2D eigenvalue weighted by Gasteiger charge is 2.19. The molecule has 1 saturated heterocycles. The number of fused-ring (bicyclic) bond motifs is 2. The Balaban J connectivity index is 1.43. The van der Waals surface area contributed by atoms with Gasteiger partial charge in [0, 0.05) is 48.2 Å². The maximum Gasteiger partial charge on any atom is 0.119 e. The number of rotatable bonds is 4. The Labute approximate surface area is 192 Å². The van der Waals surface area contributed by atoms with E-state index in [0.29, 0.717) is 0 Å². The zero-order valence-corrected chi connectivity index (χ0v) is 18.9. The monoisotopic (exact) mass is 437 g/mol. The van der Waals surface area contributed by atoms with Crippen LogP contribution in [0.25, 0.3) is 44.3 Å². The molecule has 6 heteroatoms. The molecule has 0 unspecified atom stereocenters. The lowest BCUT2D eigenvalue weighted by molar-refractivity contribution is 0.313. The largest absolute Gasteiger partial charge is 0.497 e. The van der Waals surface area contributed by atoms with Gasteiger partial charge < -0.3 is 19.5 Å². The van der Waals surface area contributed by atoms with Crippen molar-refractivity contribution in [2.75, 3.05) is 45.2 Å². The molecule has 33 heavy (non-hydrogen) atoms. The van der Waals surface area contributed by atoms with Crippen molar-refractivity contribution in [1.82, 2.24) is 20.1 Å². The number of aromatic amines is 2. The Morgan fingerprint density at radius 3 is 2.48 bits per heavy atom. The molecule has 0 spiro atoms. The normalized spacial score (nSPS) is 14.9. The van der Waals surface area contributed by atoms with Crippen LogP contribution >= 0.6 is 0 Å². The molecule has 3 aromatic carbocycles. The van der Waals surface area contributed by atoms with Crippen molar-refractivity contribution in [3.8, 4) is 28.3 Å². The van der Waals surface area contributed by atoms with Gasteiger partial charge in [0.05, 0.1) is 18.3 Å². The lowest BCUT2D eigenvalue weighted by atomic mass is 10.0. The summed E-state index contributed by atoms with van der Waals surface area (Å²) in [7, 11) is 3.89. The van der Waals surface area contributed by atoms with E-state index in [1.165, 1.54) is 11.1 Å². The van der Waals surface area contributed by atoms with E-state index >= 15 is 0 Å². The topological polar surface area (TPSA) is 60.2 Å². The molecule has 1 aliphatic heterocycles. The first-order chi connectivity index (χ1) is 16.2. The minimum Gasteiger partial charge on any atom is -0.497 e. The number of hydrogen-bond acceptors (Lipinski definition) is 4. The molecule has 0 aliphatic carbocycles. The highest BCUT2D eigenvalue weighted by molar-refractivity contribution is 6.01. The number of piperazine rings is 1. The zero-order valence-electron chi connectivity index (χ0n) is 18.9. The van der Waals surface area contributed by atoms with Gasteiger partial charge in [0.1, 0.15) is 11.4 Å². The summed E-state index contributed by atoms with van der Waals surface area (Å²) < 4.78 is 5.41.